The van der Waals surface area contributed by atoms with Crippen molar-refractivity contribution in [3.63, 3.8) is 0 Å². The Hall–Kier alpha value is -1.23. The van der Waals surface area contributed by atoms with E-state index < -0.39 is 10.4 Å². The average Bonchev–Trinajstić information content (AvgIpc) is 1.99. The summed E-state index contributed by atoms with van der Waals surface area (Å²) in [5, 5.41) is 0. The first-order chi connectivity index (χ1) is 6.79. The van der Waals surface area contributed by atoms with E-state index in [4.69, 9.17) is 0 Å². The van der Waals surface area contributed by atoms with Gasteiger partial charge in [0.05, 0.1) is 6.21 Å². The van der Waals surface area contributed by atoms with Crippen LogP contribution >= 0.6 is 0 Å². The van der Waals surface area contributed by atoms with Gasteiger partial charge in [0.15, 0.2) is 0 Å². The number of halogens is 1. The maximum Gasteiger partial charge on any atom is 0.417 e. The van der Waals surface area contributed by atoms with Crippen molar-refractivity contribution in [1.82, 2.24) is 0 Å². The lowest BCUT2D eigenvalue weighted by molar-refractivity contribution is 0.554. The van der Waals surface area contributed by atoms with Gasteiger partial charge < -0.3 is 0 Å². The van der Waals surface area contributed by atoms with Crippen LogP contribution < -0.4 is 0 Å². The van der Waals surface area contributed by atoms with Crippen LogP contribution in [-0.2, 0) is 10.4 Å². The second kappa shape index (κ2) is 4.10. The van der Waals surface area contributed by atoms with Gasteiger partial charge in [-0.2, -0.15) is 8.42 Å². The Balaban J connectivity index is 3.22. The van der Waals surface area contributed by atoms with Crippen LogP contribution in [0.4, 0.5) is 3.89 Å². The van der Waals surface area contributed by atoms with Crippen molar-refractivity contribution in [3.05, 3.63) is 34.4 Å². The lowest BCUT2D eigenvalue weighted by Gasteiger charge is -2.05. The van der Waals surface area contributed by atoms with E-state index in [2.05, 4.69) is 4.40 Å². The molecule has 0 aliphatic rings. The van der Waals surface area contributed by atoms with Crippen LogP contribution in [0.1, 0.15) is 22.3 Å². The van der Waals surface area contributed by atoms with Gasteiger partial charge in [-0.05, 0) is 37.5 Å². The number of rotatable bonds is 2. The summed E-state index contributed by atoms with van der Waals surface area (Å²) in [6.45, 7) is 5.59. The fourth-order valence-corrected chi connectivity index (χ4v) is 1.74. The molecule has 0 saturated carbocycles. The number of aryl methyl sites for hydroxylation is 3. The van der Waals surface area contributed by atoms with Crippen molar-refractivity contribution >= 4 is 16.6 Å². The van der Waals surface area contributed by atoms with Crippen molar-refractivity contribution in [2.45, 2.75) is 20.8 Å². The molecule has 0 N–H and O–H groups in total. The molecular formula is C10H12FNO2S. The van der Waals surface area contributed by atoms with Gasteiger partial charge in [0.1, 0.15) is 0 Å². The largest absolute Gasteiger partial charge is 0.417 e. The lowest BCUT2D eigenvalue weighted by atomic mass is 10.0. The molecule has 15 heavy (non-hydrogen) atoms. The molecule has 0 unspecified atom stereocenters. The van der Waals surface area contributed by atoms with Crippen molar-refractivity contribution in [2.24, 2.45) is 4.40 Å². The van der Waals surface area contributed by atoms with E-state index in [1.54, 1.807) is 0 Å². The van der Waals surface area contributed by atoms with Gasteiger partial charge >= 0.3 is 10.4 Å². The highest BCUT2D eigenvalue weighted by Crippen LogP contribution is 2.14. The maximum absolute atomic E-state index is 12.2. The molecule has 0 bridgehead atoms. The van der Waals surface area contributed by atoms with Crippen LogP contribution in [0, 0.1) is 20.8 Å². The molecule has 0 radical (unpaired) electrons. The second-order valence-electron chi connectivity index (χ2n) is 3.46. The van der Waals surface area contributed by atoms with Crippen molar-refractivity contribution in [1.29, 1.82) is 0 Å². The molecule has 0 aromatic heterocycles. The molecule has 0 aliphatic heterocycles. The Morgan fingerprint density at radius 3 is 2.07 bits per heavy atom. The summed E-state index contributed by atoms with van der Waals surface area (Å²) in [7, 11) is -4.80. The summed E-state index contributed by atoms with van der Waals surface area (Å²) in [6, 6.07) is 3.78. The molecule has 1 aromatic rings. The Morgan fingerprint density at radius 1 is 1.20 bits per heavy atom. The summed E-state index contributed by atoms with van der Waals surface area (Å²) >= 11 is 0. The third-order valence-corrected chi connectivity index (χ3v) is 2.40. The van der Waals surface area contributed by atoms with Crippen LogP contribution in [0.2, 0.25) is 0 Å². The van der Waals surface area contributed by atoms with Crippen LogP contribution in [0.25, 0.3) is 0 Å². The first kappa shape index (κ1) is 11.8. The number of nitrogens with zero attached hydrogens (tertiary/aromatic N) is 1. The fraction of sp³-hybridized carbons (Fsp3) is 0.300. The van der Waals surface area contributed by atoms with E-state index in [1.807, 2.05) is 32.9 Å². The minimum absolute atomic E-state index is 0.641. The van der Waals surface area contributed by atoms with E-state index in [1.165, 1.54) is 0 Å². The summed E-state index contributed by atoms with van der Waals surface area (Å²) in [4.78, 5) is 0. The van der Waals surface area contributed by atoms with Crippen LogP contribution in [0.15, 0.2) is 16.5 Å². The summed E-state index contributed by atoms with van der Waals surface area (Å²) < 4.78 is 35.5. The molecule has 0 heterocycles. The van der Waals surface area contributed by atoms with E-state index in [-0.39, 0.29) is 0 Å². The van der Waals surface area contributed by atoms with E-state index >= 15 is 0 Å². The lowest BCUT2D eigenvalue weighted by Crippen LogP contribution is -1.95. The van der Waals surface area contributed by atoms with E-state index in [0.717, 1.165) is 22.9 Å². The minimum atomic E-state index is -4.80. The van der Waals surface area contributed by atoms with E-state index in [9.17, 15) is 12.3 Å². The third-order valence-electron chi connectivity index (χ3n) is 2.05. The standard InChI is InChI=1S/C10H12FNO2S/c1-7-4-8(2)10(9(3)5-7)6-12-15(11,13)14/h4-6H,1-3H3. The second-order valence-corrected chi connectivity index (χ2v) is 4.49. The monoisotopic (exact) mass is 229 g/mol. The first-order valence-electron chi connectivity index (χ1n) is 4.37. The molecule has 0 atom stereocenters. The first-order valence-corrected chi connectivity index (χ1v) is 5.71. The van der Waals surface area contributed by atoms with Gasteiger partial charge in [-0.15, -0.1) is 4.40 Å². The van der Waals surface area contributed by atoms with Crippen molar-refractivity contribution < 1.29 is 12.3 Å². The highest BCUT2D eigenvalue weighted by Gasteiger charge is 2.04. The molecule has 1 aromatic carbocycles. The van der Waals surface area contributed by atoms with Gasteiger partial charge in [0, 0.05) is 0 Å². The molecule has 5 heteroatoms. The quantitative estimate of drug-likeness (QED) is 0.576. The van der Waals surface area contributed by atoms with Gasteiger partial charge in [0.25, 0.3) is 0 Å². The molecule has 0 fully saturated rings. The Kier molecular flexibility index (Phi) is 3.24. The van der Waals surface area contributed by atoms with Crippen LogP contribution in [0.5, 0.6) is 0 Å². The van der Waals surface area contributed by atoms with Crippen LogP contribution in [0.3, 0.4) is 0 Å². The zero-order valence-corrected chi connectivity index (χ0v) is 9.60. The van der Waals surface area contributed by atoms with Gasteiger partial charge in [0.2, 0.25) is 0 Å². The molecule has 3 nitrogen and oxygen atoms in total. The highest BCUT2D eigenvalue weighted by atomic mass is 32.3. The number of hydrogen-bond acceptors (Lipinski definition) is 2. The van der Waals surface area contributed by atoms with Crippen molar-refractivity contribution in [2.75, 3.05) is 0 Å². The van der Waals surface area contributed by atoms with E-state index in [0.29, 0.717) is 5.56 Å². The van der Waals surface area contributed by atoms with Gasteiger partial charge in [-0.3, -0.25) is 0 Å². The summed E-state index contributed by atoms with van der Waals surface area (Å²) in [5.74, 6) is 0. The van der Waals surface area contributed by atoms with Gasteiger partial charge in [-0.1, -0.05) is 21.6 Å². The zero-order valence-electron chi connectivity index (χ0n) is 8.78. The summed E-state index contributed by atoms with van der Waals surface area (Å²) in [6.07, 6.45) is 1.04. The fourth-order valence-electron chi connectivity index (χ4n) is 1.51. The third kappa shape index (κ3) is 3.43. The molecule has 0 saturated heterocycles. The topological polar surface area (TPSA) is 46.5 Å². The number of hydrogen-bond donors (Lipinski definition) is 0. The minimum Gasteiger partial charge on any atom is -0.170 e. The Bertz CT molecular complexity index is 483. The Morgan fingerprint density at radius 2 is 1.67 bits per heavy atom. The molecular weight excluding hydrogens is 217 g/mol. The SMILES string of the molecule is Cc1cc(C)c(C=NS(=O)(=O)F)c(C)c1. The number of benzene rings is 1. The predicted octanol–water partition coefficient (Wildman–Crippen LogP) is 2.25. The maximum atomic E-state index is 12.2. The zero-order chi connectivity index (χ0) is 11.6. The summed E-state index contributed by atoms with van der Waals surface area (Å²) in [5.41, 5.74) is 3.46. The molecule has 0 amide bonds. The predicted molar refractivity (Wildman–Crippen MR) is 58.3 cm³/mol. The Labute approximate surface area is 89.0 Å². The van der Waals surface area contributed by atoms with Crippen molar-refractivity contribution in [3.8, 4) is 0 Å². The van der Waals surface area contributed by atoms with Crippen LogP contribution in [-0.4, -0.2) is 14.6 Å². The molecule has 0 aliphatic carbocycles. The molecule has 0 spiro atoms. The average molecular weight is 229 g/mol. The van der Waals surface area contributed by atoms with Gasteiger partial charge in [-0.25, -0.2) is 0 Å². The smallest absolute Gasteiger partial charge is 0.170 e. The molecule has 82 valence electrons. The highest BCUT2D eigenvalue weighted by molar-refractivity contribution is 7.85. The normalized spacial score (nSPS) is 12.3. The molecule has 1 rings (SSSR count).